The van der Waals surface area contributed by atoms with Crippen molar-refractivity contribution in [1.29, 1.82) is 0 Å². The summed E-state index contributed by atoms with van der Waals surface area (Å²) in [6, 6.07) is 12.5. The molecule has 0 aliphatic heterocycles. The third kappa shape index (κ3) is 3.05. The van der Waals surface area contributed by atoms with Gasteiger partial charge in [-0.25, -0.2) is 4.98 Å². The first kappa shape index (κ1) is 12.9. The van der Waals surface area contributed by atoms with Gasteiger partial charge in [0.2, 0.25) is 0 Å². The van der Waals surface area contributed by atoms with Gasteiger partial charge < -0.3 is 0 Å². The van der Waals surface area contributed by atoms with Crippen LogP contribution >= 0.6 is 11.8 Å². The zero-order valence-corrected chi connectivity index (χ0v) is 11.9. The Hall–Kier alpha value is -2.14. The second-order valence-corrected chi connectivity index (χ2v) is 5.47. The van der Waals surface area contributed by atoms with Gasteiger partial charge >= 0.3 is 0 Å². The summed E-state index contributed by atoms with van der Waals surface area (Å²) in [7, 11) is 0. The van der Waals surface area contributed by atoms with Crippen LogP contribution in [0.25, 0.3) is 5.82 Å². The van der Waals surface area contributed by atoms with Crippen molar-refractivity contribution in [3.8, 4) is 5.82 Å². The Morgan fingerprint density at radius 1 is 1.15 bits per heavy atom. The second kappa shape index (κ2) is 5.88. The maximum atomic E-state index is 4.24. The number of hydrogen-bond donors (Lipinski definition) is 0. The van der Waals surface area contributed by atoms with E-state index in [4.69, 9.17) is 0 Å². The fourth-order valence-electron chi connectivity index (χ4n) is 1.88. The highest BCUT2D eigenvalue weighted by Crippen LogP contribution is 2.21. The Labute approximate surface area is 121 Å². The molecule has 0 spiro atoms. The first-order valence-corrected chi connectivity index (χ1v) is 7.30. The number of nitrogens with zero attached hydrogens (tertiary/aromatic N) is 4. The molecule has 0 radical (unpaired) electrons. The monoisotopic (exact) mass is 282 g/mol. The summed E-state index contributed by atoms with van der Waals surface area (Å²) in [5.74, 6) is 1.68. The van der Waals surface area contributed by atoms with Crippen molar-refractivity contribution >= 4 is 11.8 Å². The molecule has 3 aromatic rings. The van der Waals surface area contributed by atoms with Gasteiger partial charge in [-0.1, -0.05) is 41.6 Å². The van der Waals surface area contributed by atoms with Gasteiger partial charge in [0.25, 0.3) is 0 Å². The minimum absolute atomic E-state index is 0.780. The summed E-state index contributed by atoms with van der Waals surface area (Å²) >= 11 is 1.69. The molecule has 2 aromatic heterocycles. The fourth-order valence-corrected chi connectivity index (χ4v) is 2.64. The summed E-state index contributed by atoms with van der Waals surface area (Å²) in [5.41, 5.74) is 2.58. The highest BCUT2D eigenvalue weighted by atomic mass is 32.2. The van der Waals surface area contributed by atoms with E-state index >= 15 is 0 Å². The third-order valence-electron chi connectivity index (χ3n) is 2.86. The van der Waals surface area contributed by atoms with Crippen LogP contribution in [0.1, 0.15) is 11.1 Å². The molecule has 0 saturated heterocycles. The molecule has 5 heteroatoms. The summed E-state index contributed by atoms with van der Waals surface area (Å²) in [4.78, 5) is 4.00. The zero-order valence-electron chi connectivity index (χ0n) is 11.1. The largest absolute Gasteiger partial charge is 0.289 e. The van der Waals surface area contributed by atoms with Gasteiger partial charge in [0.1, 0.15) is 11.4 Å². The Morgan fingerprint density at radius 2 is 2.10 bits per heavy atom. The minimum atomic E-state index is 0.780. The normalized spacial score (nSPS) is 10.7. The van der Waals surface area contributed by atoms with Crippen LogP contribution in [0.4, 0.5) is 0 Å². The van der Waals surface area contributed by atoms with Gasteiger partial charge in [-0.3, -0.25) is 4.57 Å². The summed E-state index contributed by atoms with van der Waals surface area (Å²) in [5, 5.41) is 9.37. The smallest absolute Gasteiger partial charge is 0.160 e. The van der Waals surface area contributed by atoms with E-state index in [1.54, 1.807) is 24.3 Å². The van der Waals surface area contributed by atoms with Crippen LogP contribution < -0.4 is 0 Å². The van der Waals surface area contributed by atoms with Crippen LogP contribution in [0, 0.1) is 6.92 Å². The van der Waals surface area contributed by atoms with E-state index in [1.165, 1.54) is 11.1 Å². The maximum absolute atomic E-state index is 4.24. The highest BCUT2D eigenvalue weighted by Gasteiger charge is 2.01. The fraction of sp³-hybridized carbons (Fsp3) is 0.133. The van der Waals surface area contributed by atoms with Crippen LogP contribution in [0.3, 0.4) is 0 Å². The molecule has 0 aliphatic rings. The van der Waals surface area contributed by atoms with E-state index in [1.807, 2.05) is 22.9 Å². The number of thioether (sulfide) groups is 1. The van der Waals surface area contributed by atoms with Crippen molar-refractivity contribution in [3.63, 3.8) is 0 Å². The molecule has 20 heavy (non-hydrogen) atoms. The number of benzene rings is 1. The van der Waals surface area contributed by atoms with E-state index < -0.39 is 0 Å². The van der Waals surface area contributed by atoms with Crippen molar-refractivity contribution < 1.29 is 0 Å². The molecule has 4 nitrogen and oxygen atoms in total. The van der Waals surface area contributed by atoms with Crippen LogP contribution in [0.5, 0.6) is 0 Å². The summed E-state index contributed by atoms with van der Waals surface area (Å²) in [6.45, 7) is 2.11. The van der Waals surface area contributed by atoms with E-state index in [-0.39, 0.29) is 0 Å². The number of aromatic nitrogens is 4. The molecular weight excluding hydrogens is 268 g/mol. The number of aryl methyl sites for hydroxylation is 1. The first-order chi connectivity index (χ1) is 9.81. The molecule has 100 valence electrons. The average molecular weight is 282 g/mol. The van der Waals surface area contributed by atoms with E-state index in [0.29, 0.717) is 0 Å². The van der Waals surface area contributed by atoms with Gasteiger partial charge in [-0.2, -0.15) is 0 Å². The number of imidazole rings is 1. The zero-order chi connectivity index (χ0) is 13.8. The lowest BCUT2D eigenvalue weighted by molar-refractivity contribution is 0.860. The molecule has 0 saturated carbocycles. The molecule has 0 N–H and O–H groups in total. The second-order valence-electron chi connectivity index (χ2n) is 4.48. The molecular formula is C15H14N4S. The predicted molar refractivity (Wildman–Crippen MR) is 79.9 cm³/mol. The average Bonchev–Trinajstić information content (AvgIpc) is 3.00. The van der Waals surface area contributed by atoms with Crippen molar-refractivity contribution in [2.24, 2.45) is 0 Å². The molecule has 0 fully saturated rings. The van der Waals surface area contributed by atoms with Crippen molar-refractivity contribution in [2.45, 2.75) is 17.7 Å². The molecule has 0 amide bonds. The SMILES string of the molecule is Cc1cccc(CSc2ccc(-n3ccnc3)nn2)c1. The van der Waals surface area contributed by atoms with Crippen LogP contribution in [0.15, 0.2) is 60.1 Å². The van der Waals surface area contributed by atoms with Crippen LogP contribution in [-0.4, -0.2) is 19.7 Å². The van der Waals surface area contributed by atoms with E-state index in [9.17, 15) is 0 Å². The van der Waals surface area contributed by atoms with Gasteiger partial charge in [0, 0.05) is 18.1 Å². The highest BCUT2D eigenvalue weighted by molar-refractivity contribution is 7.98. The molecule has 0 atom stereocenters. The van der Waals surface area contributed by atoms with Crippen LogP contribution in [-0.2, 0) is 5.75 Å². The molecule has 0 unspecified atom stereocenters. The van der Waals surface area contributed by atoms with Crippen molar-refractivity contribution in [2.75, 3.05) is 0 Å². The Morgan fingerprint density at radius 3 is 2.80 bits per heavy atom. The number of hydrogen-bond acceptors (Lipinski definition) is 4. The lowest BCUT2D eigenvalue weighted by Crippen LogP contribution is -1.96. The molecule has 0 bridgehead atoms. The molecule has 1 aromatic carbocycles. The van der Waals surface area contributed by atoms with Gasteiger partial charge in [-0.05, 0) is 24.6 Å². The third-order valence-corrected chi connectivity index (χ3v) is 3.86. The minimum Gasteiger partial charge on any atom is -0.289 e. The predicted octanol–water partition coefficient (Wildman–Crippen LogP) is 3.26. The quantitative estimate of drug-likeness (QED) is 0.689. The lowest BCUT2D eigenvalue weighted by atomic mass is 10.2. The summed E-state index contributed by atoms with van der Waals surface area (Å²) < 4.78 is 1.84. The standard InChI is InChI=1S/C15H14N4S/c1-12-3-2-4-13(9-12)10-20-15-6-5-14(17-18-15)19-8-7-16-11-19/h2-9,11H,10H2,1H3. The maximum Gasteiger partial charge on any atom is 0.160 e. The lowest BCUT2D eigenvalue weighted by Gasteiger charge is -2.03. The van der Waals surface area contributed by atoms with Gasteiger partial charge in [-0.15, -0.1) is 10.2 Å². The van der Waals surface area contributed by atoms with Crippen LogP contribution in [0.2, 0.25) is 0 Å². The molecule has 0 aliphatic carbocycles. The topological polar surface area (TPSA) is 43.6 Å². The Bertz CT molecular complexity index is 677. The molecule has 3 rings (SSSR count). The van der Waals surface area contributed by atoms with E-state index in [0.717, 1.165) is 16.6 Å². The van der Waals surface area contributed by atoms with E-state index in [2.05, 4.69) is 46.4 Å². The van der Waals surface area contributed by atoms with Crippen molar-refractivity contribution in [1.82, 2.24) is 19.7 Å². The number of rotatable bonds is 4. The first-order valence-electron chi connectivity index (χ1n) is 6.32. The van der Waals surface area contributed by atoms with Gasteiger partial charge in [0.05, 0.1) is 0 Å². The van der Waals surface area contributed by atoms with Gasteiger partial charge in [0.15, 0.2) is 5.82 Å². The Balaban J connectivity index is 1.67. The van der Waals surface area contributed by atoms with Crippen molar-refractivity contribution in [3.05, 3.63) is 66.2 Å². The summed E-state index contributed by atoms with van der Waals surface area (Å²) in [6.07, 6.45) is 5.29. The Kier molecular flexibility index (Phi) is 3.78. The molecule has 2 heterocycles.